The van der Waals surface area contributed by atoms with Crippen molar-refractivity contribution in [2.75, 3.05) is 20.3 Å². The smallest absolute Gasteiger partial charge is 0.249 e. The minimum atomic E-state index is -0.0661. The van der Waals surface area contributed by atoms with Crippen LogP contribution < -0.4 is 0 Å². The van der Waals surface area contributed by atoms with Crippen LogP contribution in [0.2, 0.25) is 0 Å². The van der Waals surface area contributed by atoms with Crippen molar-refractivity contribution in [1.29, 1.82) is 0 Å². The number of carbonyl (C=O) groups excluding carboxylic acids is 1. The van der Waals surface area contributed by atoms with Gasteiger partial charge in [0.2, 0.25) is 5.91 Å². The summed E-state index contributed by atoms with van der Waals surface area (Å²) in [5, 5.41) is 0. The molecule has 0 aliphatic carbocycles. The number of hydrogen-bond donors (Lipinski definition) is 0. The summed E-state index contributed by atoms with van der Waals surface area (Å²) in [4.78, 5) is 22.9. The molecule has 1 atom stereocenters. The molecular formula is C18H24N4O3. The number of aromatic nitrogens is 3. The maximum atomic E-state index is 12.1. The topological polar surface area (TPSA) is 69.5 Å². The molecule has 134 valence electrons. The van der Waals surface area contributed by atoms with Crippen LogP contribution in [0.15, 0.2) is 24.4 Å². The lowest BCUT2D eigenvalue weighted by atomic mass is 10.2. The molecule has 2 aromatic rings. The summed E-state index contributed by atoms with van der Waals surface area (Å²) in [5.74, 6) is 0.885. The molecule has 0 N–H and O–H groups in total. The van der Waals surface area contributed by atoms with Gasteiger partial charge in [0.05, 0.1) is 36.8 Å². The molecule has 0 aromatic carbocycles. The number of nitrogens with zero attached hydrogens (tertiary/aromatic N) is 4. The average Bonchev–Trinajstić information content (AvgIpc) is 2.99. The molecule has 3 heterocycles. The Kier molecular flexibility index (Phi) is 5.45. The molecule has 0 bridgehead atoms. The van der Waals surface area contributed by atoms with Gasteiger partial charge in [-0.1, -0.05) is 6.07 Å². The van der Waals surface area contributed by atoms with Crippen molar-refractivity contribution in [3.8, 4) is 0 Å². The monoisotopic (exact) mass is 344 g/mol. The molecule has 25 heavy (non-hydrogen) atoms. The van der Waals surface area contributed by atoms with E-state index in [-0.39, 0.29) is 18.6 Å². The van der Waals surface area contributed by atoms with Crippen LogP contribution in [0.25, 0.3) is 0 Å². The van der Waals surface area contributed by atoms with E-state index in [1.807, 2.05) is 43.1 Å². The third-order valence-corrected chi connectivity index (χ3v) is 4.41. The van der Waals surface area contributed by atoms with Crippen molar-refractivity contribution in [2.45, 2.75) is 39.6 Å². The van der Waals surface area contributed by atoms with Crippen LogP contribution >= 0.6 is 0 Å². The Balaban J connectivity index is 1.62. The average molecular weight is 344 g/mol. The van der Waals surface area contributed by atoms with Crippen molar-refractivity contribution >= 4 is 5.91 Å². The molecule has 2 aromatic heterocycles. The highest BCUT2D eigenvalue weighted by Gasteiger charge is 2.29. The van der Waals surface area contributed by atoms with Gasteiger partial charge in [-0.05, 0) is 26.0 Å². The van der Waals surface area contributed by atoms with Crippen LogP contribution in [0.1, 0.15) is 35.9 Å². The van der Waals surface area contributed by atoms with E-state index in [2.05, 4.69) is 14.5 Å². The van der Waals surface area contributed by atoms with E-state index in [9.17, 15) is 4.79 Å². The van der Waals surface area contributed by atoms with Crippen LogP contribution in [-0.2, 0) is 34.0 Å². The number of methoxy groups -OCH3 is 1. The SMILES string of the molecule is COCC(=O)N1CCn2c(COCc3cccc(C)n3)cnc2[C@@H]1C. The predicted molar refractivity (Wildman–Crippen MR) is 91.7 cm³/mol. The van der Waals surface area contributed by atoms with E-state index in [1.165, 1.54) is 7.11 Å². The summed E-state index contributed by atoms with van der Waals surface area (Å²) < 4.78 is 12.9. The van der Waals surface area contributed by atoms with Gasteiger partial charge in [-0.15, -0.1) is 0 Å². The highest BCUT2D eigenvalue weighted by atomic mass is 16.5. The Morgan fingerprint density at radius 3 is 2.92 bits per heavy atom. The van der Waals surface area contributed by atoms with Gasteiger partial charge in [0.25, 0.3) is 0 Å². The van der Waals surface area contributed by atoms with Gasteiger partial charge in [-0.25, -0.2) is 4.98 Å². The van der Waals surface area contributed by atoms with Crippen LogP contribution in [0.3, 0.4) is 0 Å². The Labute approximate surface area is 147 Å². The normalized spacial score (nSPS) is 16.8. The highest BCUT2D eigenvalue weighted by molar-refractivity contribution is 5.78. The van der Waals surface area contributed by atoms with Gasteiger partial charge in [0.15, 0.2) is 0 Å². The molecule has 0 unspecified atom stereocenters. The third-order valence-electron chi connectivity index (χ3n) is 4.41. The van der Waals surface area contributed by atoms with Gasteiger partial charge < -0.3 is 18.9 Å². The van der Waals surface area contributed by atoms with Gasteiger partial charge in [-0.2, -0.15) is 0 Å². The van der Waals surface area contributed by atoms with E-state index >= 15 is 0 Å². The first kappa shape index (κ1) is 17.6. The van der Waals surface area contributed by atoms with Crippen LogP contribution in [0.5, 0.6) is 0 Å². The first-order chi connectivity index (χ1) is 12.1. The first-order valence-electron chi connectivity index (χ1n) is 8.43. The van der Waals surface area contributed by atoms with Crippen molar-refractivity contribution in [2.24, 2.45) is 0 Å². The first-order valence-corrected chi connectivity index (χ1v) is 8.43. The Bertz CT molecular complexity index is 744. The van der Waals surface area contributed by atoms with Crippen molar-refractivity contribution in [1.82, 2.24) is 19.4 Å². The lowest BCUT2D eigenvalue weighted by Gasteiger charge is -2.34. The Hall–Kier alpha value is -2.25. The number of rotatable bonds is 6. The maximum absolute atomic E-state index is 12.1. The van der Waals surface area contributed by atoms with Crippen LogP contribution in [0.4, 0.5) is 0 Å². The second-order valence-electron chi connectivity index (χ2n) is 6.22. The number of amides is 1. The molecule has 0 spiro atoms. The lowest BCUT2D eigenvalue weighted by molar-refractivity contribution is -0.138. The number of hydrogen-bond acceptors (Lipinski definition) is 5. The molecule has 7 heteroatoms. The molecular weight excluding hydrogens is 320 g/mol. The van der Waals surface area contributed by atoms with E-state index in [0.29, 0.717) is 19.8 Å². The standard InChI is InChI=1S/C18H24N4O3/c1-13-5-4-6-15(20-13)10-25-11-16-9-19-18-14(2)21(7-8-22(16)18)17(23)12-24-3/h4-6,9,14H,7-8,10-12H2,1-3H3/t14-/m0/s1. The van der Waals surface area contributed by atoms with Gasteiger partial charge in [0, 0.05) is 25.9 Å². The fraction of sp³-hybridized carbons (Fsp3) is 0.500. The van der Waals surface area contributed by atoms with Crippen LogP contribution in [-0.4, -0.2) is 45.6 Å². The Morgan fingerprint density at radius 2 is 2.16 bits per heavy atom. The Morgan fingerprint density at radius 1 is 1.32 bits per heavy atom. The van der Waals surface area contributed by atoms with E-state index in [0.717, 1.165) is 29.5 Å². The number of carbonyl (C=O) groups is 1. The minimum Gasteiger partial charge on any atom is -0.375 e. The number of aryl methyl sites for hydroxylation is 1. The molecule has 3 rings (SSSR count). The molecule has 0 saturated heterocycles. The van der Waals surface area contributed by atoms with Crippen molar-refractivity contribution in [3.63, 3.8) is 0 Å². The molecule has 0 saturated carbocycles. The molecule has 7 nitrogen and oxygen atoms in total. The number of fused-ring (bicyclic) bond motifs is 1. The fourth-order valence-corrected chi connectivity index (χ4v) is 3.16. The second-order valence-corrected chi connectivity index (χ2v) is 6.22. The summed E-state index contributed by atoms with van der Waals surface area (Å²) in [7, 11) is 1.53. The minimum absolute atomic E-state index is 0.00688. The van der Waals surface area contributed by atoms with Gasteiger partial charge in [-0.3, -0.25) is 9.78 Å². The van der Waals surface area contributed by atoms with Gasteiger partial charge >= 0.3 is 0 Å². The van der Waals surface area contributed by atoms with Gasteiger partial charge in [0.1, 0.15) is 12.4 Å². The summed E-state index contributed by atoms with van der Waals surface area (Å²) in [6.07, 6.45) is 1.83. The zero-order chi connectivity index (χ0) is 17.8. The maximum Gasteiger partial charge on any atom is 0.249 e. The van der Waals surface area contributed by atoms with Crippen molar-refractivity contribution in [3.05, 3.63) is 47.3 Å². The summed E-state index contributed by atoms with van der Waals surface area (Å²) in [6.45, 7) is 6.37. The summed E-state index contributed by atoms with van der Waals surface area (Å²) in [5.41, 5.74) is 2.92. The molecule has 1 amide bonds. The van der Waals surface area contributed by atoms with E-state index < -0.39 is 0 Å². The fourth-order valence-electron chi connectivity index (χ4n) is 3.16. The third kappa shape index (κ3) is 3.88. The number of pyridine rings is 1. The quantitative estimate of drug-likeness (QED) is 0.800. The number of imidazole rings is 1. The lowest BCUT2D eigenvalue weighted by Crippen LogP contribution is -2.43. The molecule has 1 aliphatic heterocycles. The van der Waals surface area contributed by atoms with Crippen molar-refractivity contribution < 1.29 is 14.3 Å². The molecule has 0 radical (unpaired) electrons. The van der Waals surface area contributed by atoms with E-state index in [4.69, 9.17) is 9.47 Å². The second kappa shape index (κ2) is 7.76. The molecule has 0 fully saturated rings. The number of ether oxygens (including phenoxy) is 2. The largest absolute Gasteiger partial charge is 0.375 e. The van der Waals surface area contributed by atoms with E-state index in [1.54, 1.807) is 0 Å². The predicted octanol–water partition coefficient (Wildman–Crippen LogP) is 1.85. The summed E-state index contributed by atoms with van der Waals surface area (Å²) >= 11 is 0. The zero-order valence-corrected chi connectivity index (χ0v) is 14.9. The molecule has 1 aliphatic rings. The van der Waals surface area contributed by atoms with Crippen LogP contribution in [0, 0.1) is 6.92 Å². The zero-order valence-electron chi connectivity index (χ0n) is 14.9. The summed E-state index contributed by atoms with van der Waals surface area (Å²) in [6, 6.07) is 5.84. The highest BCUT2D eigenvalue weighted by Crippen LogP contribution is 2.25.